The molecule has 0 fully saturated rings. The Morgan fingerprint density at radius 1 is 0.293 bits per heavy atom. The molecule has 75 heavy (non-hydrogen) atoms. The van der Waals surface area contributed by atoms with Crippen LogP contribution in [0.15, 0.2) is 127 Å². The molecule has 1 aliphatic carbocycles. The summed E-state index contributed by atoms with van der Waals surface area (Å²) in [4.78, 5) is 0. The molecule has 0 saturated carbocycles. The molecule has 7 aliphatic rings. The summed E-state index contributed by atoms with van der Waals surface area (Å²) in [5.41, 5.74) is 21.6. The molecule has 0 aromatic heterocycles. The van der Waals surface area contributed by atoms with Gasteiger partial charge in [0.1, 0.15) is 43.7 Å². The van der Waals surface area contributed by atoms with Gasteiger partial charge in [0.25, 0.3) is 0 Å². The Morgan fingerprint density at radius 3 is 1.49 bits per heavy atom. The lowest BCUT2D eigenvalue weighted by Gasteiger charge is -2.18. The van der Waals surface area contributed by atoms with E-state index in [1.54, 1.807) is 11.1 Å². The van der Waals surface area contributed by atoms with Gasteiger partial charge in [0.2, 0.25) is 0 Å². The van der Waals surface area contributed by atoms with E-state index in [9.17, 15) is 0 Å². The lowest BCUT2D eigenvalue weighted by atomic mass is 9.99. The monoisotopic (exact) mass is 1010 g/mol. The van der Waals surface area contributed by atoms with E-state index in [2.05, 4.69) is 166 Å². The predicted octanol–water partition coefficient (Wildman–Crippen LogP) is 14.0. The average molecular weight is 1010 g/mol. The van der Waals surface area contributed by atoms with E-state index >= 15 is 0 Å². The van der Waals surface area contributed by atoms with Crippen molar-refractivity contribution in [2.24, 2.45) is 0 Å². The molecule has 0 amide bonds. The molecular weight excluding hydrogens is 929 g/mol. The predicted molar refractivity (Wildman–Crippen MR) is 313 cm³/mol. The van der Waals surface area contributed by atoms with Crippen LogP contribution < -0.4 is 45.0 Å². The number of aryl methyl sites for hydroxylation is 9. The molecule has 0 bridgehead atoms. The smallest absolute Gasteiger partial charge is 0.161 e. The summed E-state index contributed by atoms with van der Waals surface area (Å²) in [5.74, 6) is 4.77. The number of ether oxygens (including phenoxy) is 5. The van der Waals surface area contributed by atoms with Gasteiger partial charge >= 0.3 is 0 Å². The highest BCUT2D eigenvalue weighted by Gasteiger charge is 2.14. The van der Waals surface area contributed by atoms with Crippen molar-refractivity contribution in [2.75, 3.05) is 75.2 Å². The topological polar surface area (TPSA) is 94.3 Å². The maximum Gasteiger partial charge on any atom is 0.161 e. The Hall–Kier alpha value is -7.10. The summed E-state index contributed by atoms with van der Waals surface area (Å²) >= 11 is 0. The van der Waals surface area contributed by atoms with Crippen molar-refractivity contribution in [3.63, 3.8) is 0 Å². The number of benzene rings is 7. The maximum atomic E-state index is 5.44. The normalized spacial score (nSPS) is 14.7. The second kappa shape index (κ2) is 28.0. The summed E-state index contributed by atoms with van der Waals surface area (Å²) < 4.78 is 27.0. The number of rotatable bonds is 0. The van der Waals surface area contributed by atoms with Crippen LogP contribution in [0.1, 0.15) is 86.2 Å². The molecule has 4 N–H and O–H groups in total. The lowest BCUT2D eigenvalue weighted by molar-refractivity contribution is 0.171. The number of nitrogens with one attached hydrogen (secondary N) is 4. The van der Waals surface area contributed by atoms with Crippen LogP contribution >= 0.6 is 0 Å². The van der Waals surface area contributed by atoms with Gasteiger partial charge in [-0.1, -0.05) is 97.4 Å². The Kier molecular flexibility index (Phi) is 20.8. The van der Waals surface area contributed by atoms with Crippen molar-refractivity contribution in [2.45, 2.75) is 101 Å². The van der Waals surface area contributed by atoms with Crippen LogP contribution in [0.5, 0.6) is 28.7 Å². The zero-order valence-electron chi connectivity index (χ0n) is 45.0. The number of anilines is 3. The number of hydrogen-bond donors (Lipinski definition) is 4. The van der Waals surface area contributed by atoms with E-state index in [0.29, 0.717) is 13.2 Å². The van der Waals surface area contributed by atoms with Gasteiger partial charge in [-0.3, -0.25) is 0 Å². The van der Waals surface area contributed by atoms with Gasteiger partial charge in [0, 0.05) is 38.3 Å². The Morgan fingerprint density at radius 2 is 0.760 bits per heavy atom. The van der Waals surface area contributed by atoms with E-state index in [1.165, 1.54) is 99.0 Å². The third kappa shape index (κ3) is 16.7. The van der Waals surface area contributed by atoms with Crippen LogP contribution in [0.2, 0.25) is 0 Å². The Labute approximate surface area is 448 Å². The highest BCUT2D eigenvalue weighted by atomic mass is 16.6. The number of hydrogen-bond acceptors (Lipinski definition) is 9. The van der Waals surface area contributed by atoms with Crippen LogP contribution in [0, 0.1) is 48.5 Å². The highest BCUT2D eigenvalue weighted by molar-refractivity contribution is 5.60. The quantitative estimate of drug-likeness (QED) is 0.119. The molecule has 0 radical (unpaired) electrons. The van der Waals surface area contributed by atoms with Crippen LogP contribution in [0.3, 0.4) is 0 Å². The van der Waals surface area contributed by atoms with Gasteiger partial charge in [-0.15, -0.1) is 0 Å². The minimum atomic E-state index is 0. The van der Waals surface area contributed by atoms with Crippen molar-refractivity contribution in [3.05, 3.63) is 200 Å². The van der Waals surface area contributed by atoms with E-state index in [0.717, 1.165) is 99.1 Å². The summed E-state index contributed by atoms with van der Waals surface area (Å²) in [7, 11) is 0. The maximum absolute atomic E-state index is 5.44. The van der Waals surface area contributed by atoms with Gasteiger partial charge in [-0.05, 0) is 197 Å². The third-order valence-corrected chi connectivity index (χ3v) is 13.6. The summed E-state index contributed by atoms with van der Waals surface area (Å²) in [5, 5.41) is 13.3. The molecule has 7 aromatic rings. The minimum absolute atomic E-state index is 0. The van der Waals surface area contributed by atoms with Crippen LogP contribution in [-0.2, 0) is 38.6 Å². The van der Waals surface area contributed by atoms with E-state index in [-0.39, 0.29) is 7.43 Å². The van der Waals surface area contributed by atoms with Crippen molar-refractivity contribution in [3.8, 4) is 28.7 Å². The summed E-state index contributed by atoms with van der Waals surface area (Å²) in [6.07, 6.45) is 7.42. The van der Waals surface area contributed by atoms with Crippen molar-refractivity contribution in [1.82, 2.24) is 5.32 Å². The van der Waals surface area contributed by atoms with Crippen LogP contribution in [0.4, 0.5) is 17.1 Å². The van der Waals surface area contributed by atoms with Gasteiger partial charge in [-0.25, -0.2) is 0 Å². The molecular formula is C66H82N4O5. The van der Waals surface area contributed by atoms with Crippen molar-refractivity contribution < 1.29 is 23.7 Å². The minimum Gasteiger partial charge on any atom is -0.493 e. The zero-order valence-corrected chi connectivity index (χ0v) is 45.0. The molecule has 9 heteroatoms. The zero-order chi connectivity index (χ0) is 51.7. The highest BCUT2D eigenvalue weighted by Crippen LogP contribution is 2.31. The fourth-order valence-corrected chi connectivity index (χ4v) is 9.63. The molecule has 0 spiro atoms. The molecule has 396 valence electrons. The summed E-state index contributed by atoms with van der Waals surface area (Å²) in [6, 6.07) is 44.9. The first kappa shape index (κ1) is 55.6. The second-order valence-electron chi connectivity index (χ2n) is 20.1. The van der Waals surface area contributed by atoms with Crippen molar-refractivity contribution >= 4 is 17.1 Å². The summed E-state index contributed by atoms with van der Waals surface area (Å²) in [6.45, 7) is 23.6. The van der Waals surface area contributed by atoms with Gasteiger partial charge in [0.05, 0.1) is 18.0 Å². The van der Waals surface area contributed by atoms with Gasteiger partial charge in [-0.2, -0.15) is 0 Å². The molecule has 0 saturated heterocycles. The molecule has 7 aromatic carbocycles. The van der Waals surface area contributed by atoms with Gasteiger partial charge < -0.3 is 45.0 Å². The first-order chi connectivity index (χ1) is 36.0. The lowest BCUT2D eigenvalue weighted by Crippen LogP contribution is -2.23. The SMILES string of the molecule is C.Cc1ccc2c(c1)CCC2.Cc1ccc2c(c1)CNCC2.Cc1ccc2c(c1)NCC2.Cc1ccc2c(c1)NCCO2.Cc1ccc2c(c1)OCC2.Cc1ccc2c(c1)OCCN2.Cc1ccc2c(c1)OCCO2. The fourth-order valence-electron chi connectivity index (χ4n) is 9.63. The largest absolute Gasteiger partial charge is 0.493 e. The molecule has 0 atom stereocenters. The third-order valence-electron chi connectivity index (χ3n) is 13.6. The molecule has 9 nitrogen and oxygen atoms in total. The average Bonchev–Trinajstić information content (AvgIpc) is 4.21. The molecule has 6 heterocycles. The first-order valence-corrected chi connectivity index (χ1v) is 26.8. The molecule has 14 rings (SSSR count). The molecule has 6 aliphatic heterocycles. The second-order valence-corrected chi connectivity index (χ2v) is 20.1. The Balaban J connectivity index is 0.000000127. The number of fused-ring (bicyclic) bond motifs is 7. The van der Waals surface area contributed by atoms with E-state index in [1.807, 2.05) is 31.2 Å². The van der Waals surface area contributed by atoms with Gasteiger partial charge in [0.15, 0.2) is 11.5 Å². The van der Waals surface area contributed by atoms with Crippen LogP contribution in [-0.4, -0.2) is 59.2 Å². The fraction of sp³-hybridized carbons (Fsp3) is 0.364. The van der Waals surface area contributed by atoms with E-state index < -0.39 is 0 Å². The standard InChI is InChI=1S/C10H13N.C10H12.2C9H11NO.C9H11N.C9H10O2.C9H10O.CH4/c1-8-2-3-9-4-5-11-7-10(9)6-8;1-8-5-6-9-3-2-4-10(9)7-8;1-7-2-3-9-8(6-7)10-4-5-11-9;1-7-2-3-8-9(6-7)11-5-4-10-8;1-7-2-3-8-4-5-10-9(8)6-7;1-7-2-3-8-9(6-7)11-5-4-10-8;1-7-2-3-8-4-5-10-9(8)6-7;/h2-3,6,11H,4-5,7H2,1H3;5-7H,2-4H2,1H3;2*2-3,6,10H,4-5H2,1H3;2-3,6,10H,4-5H2,1H3;2-3,6H,4-5H2,1H3;2-3,6H,4-5H2,1H3;1H4. The van der Waals surface area contributed by atoms with E-state index in [4.69, 9.17) is 23.7 Å². The first-order valence-electron chi connectivity index (χ1n) is 26.8. The Bertz CT molecular complexity index is 2590. The van der Waals surface area contributed by atoms with Crippen molar-refractivity contribution in [1.29, 1.82) is 0 Å². The molecule has 0 unspecified atom stereocenters. The van der Waals surface area contributed by atoms with Crippen LogP contribution in [0.25, 0.3) is 0 Å².